The van der Waals surface area contributed by atoms with Gasteiger partial charge in [-0.2, -0.15) is 0 Å². The molecule has 2 N–H and O–H groups in total. The lowest BCUT2D eigenvalue weighted by Crippen LogP contribution is -2.45. The number of rotatable bonds is 6. The maximum absolute atomic E-state index is 12.7. The monoisotopic (exact) mass is 360 g/mol. The number of carbonyl (C=O) groups excluding carboxylic acids is 1. The molecule has 0 aromatic rings. The second kappa shape index (κ2) is 9.98. The number of aliphatic imine (C=N–C) groups is 1. The van der Waals surface area contributed by atoms with E-state index in [9.17, 15) is 4.79 Å². The van der Waals surface area contributed by atoms with Crippen molar-refractivity contribution < 1.29 is 4.79 Å². The van der Waals surface area contributed by atoms with Gasteiger partial charge in [0, 0.05) is 38.1 Å². The van der Waals surface area contributed by atoms with E-state index < -0.39 is 0 Å². The Bertz CT molecular complexity index is 522. The van der Waals surface area contributed by atoms with Gasteiger partial charge in [-0.25, -0.2) is 0 Å². The molecule has 26 heavy (non-hydrogen) atoms. The zero-order valence-corrected chi connectivity index (χ0v) is 16.4. The van der Waals surface area contributed by atoms with E-state index in [1.807, 2.05) is 0 Å². The maximum Gasteiger partial charge on any atom is 0.225 e. The Balaban J connectivity index is 1.45. The Morgan fingerprint density at radius 3 is 2.81 bits per heavy atom. The van der Waals surface area contributed by atoms with Crippen molar-refractivity contribution in [3.8, 4) is 0 Å². The fourth-order valence-corrected chi connectivity index (χ4v) is 4.48. The number of likely N-dealkylation sites (tertiary alicyclic amines) is 1. The van der Waals surface area contributed by atoms with Gasteiger partial charge in [-0.1, -0.05) is 30.9 Å². The van der Waals surface area contributed by atoms with Crippen LogP contribution in [0.5, 0.6) is 0 Å². The van der Waals surface area contributed by atoms with Crippen molar-refractivity contribution in [2.24, 2.45) is 10.9 Å². The average Bonchev–Trinajstić information content (AvgIpc) is 3.34. The molecule has 0 aromatic heterocycles. The molecule has 0 spiro atoms. The Kier molecular flexibility index (Phi) is 7.39. The van der Waals surface area contributed by atoms with Gasteiger partial charge in [-0.05, 0) is 51.9 Å². The SMILES string of the molecule is CCNC(=NCCC1=CCCC1)NC1CCN(C(=O)C2CCCCC2)C1. The van der Waals surface area contributed by atoms with Gasteiger partial charge in [0.25, 0.3) is 0 Å². The zero-order chi connectivity index (χ0) is 18.2. The molecule has 1 aliphatic heterocycles. The van der Waals surface area contributed by atoms with Crippen LogP contribution in [0.2, 0.25) is 0 Å². The molecule has 1 unspecified atom stereocenters. The molecule has 1 atom stereocenters. The first kappa shape index (κ1) is 19.2. The van der Waals surface area contributed by atoms with Crippen molar-refractivity contribution in [1.82, 2.24) is 15.5 Å². The number of amides is 1. The first-order valence-corrected chi connectivity index (χ1v) is 10.8. The minimum atomic E-state index is 0.282. The van der Waals surface area contributed by atoms with E-state index in [0.29, 0.717) is 11.9 Å². The maximum atomic E-state index is 12.7. The number of hydrogen-bond acceptors (Lipinski definition) is 2. The number of hydrogen-bond donors (Lipinski definition) is 2. The Morgan fingerprint density at radius 2 is 2.08 bits per heavy atom. The number of nitrogens with zero attached hydrogens (tertiary/aromatic N) is 2. The predicted octanol–water partition coefficient (Wildman–Crippen LogP) is 3.22. The fraction of sp³-hybridized carbons (Fsp3) is 0.810. The molecule has 1 saturated carbocycles. The van der Waals surface area contributed by atoms with Crippen LogP contribution in [-0.4, -0.2) is 49.0 Å². The number of nitrogens with one attached hydrogen (secondary N) is 2. The molecular weight excluding hydrogens is 324 g/mol. The van der Waals surface area contributed by atoms with Gasteiger partial charge in [-0.3, -0.25) is 9.79 Å². The van der Waals surface area contributed by atoms with Crippen molar-refractivity contribution in [3.63, 3.8) is 0 Å². The van der Waals surface area contributed by atoms with Crippen LogP contribution in [-0.2, 0) is 4.79 Å². The summed E-state index contributed by atoms with van der Waals surface area (Å²) >= 11 is 0. The van der Waals surface area contributed by atoms with Crippen LogP contribution in [0.1, 0.15) is 71.1 Å². The number of guanidine groups is 1. The van der Waals surface area contributed by atoms with Gasteiger partial charge < -0.3 is 15.5 Å². The van der Waals surface area contributed by atoms with Crippen LogP contribution in [0.4, 0.5) is 0 Å². The summed E-state index contributed by atoms with van der Waals surface area (Å²) in [7, 11) is 0. The van der Waals surface area contributed by atoms with Gasteiger partial charge in [0.1, 0.15) is 0 Å². The van der Waals surface area contributed by atoms with Crippen LogP contribution in [0, 0.1) is 5.92 Å². The highest BCUT2D eigenvalue weighted by Crippen LogP contribution is 2.26. The number of carbonyl (C=O) groups is 1. The minimum absolute atomic E-state index is 0.282. The smallest absolute Gasteiger partial charge is 0.225 e. The highest BCUT2D eigenvalue weighted by molar-refractivity contribution is 5.81. The first-order chi connectivity index (χ1) is 12.8. The van der Waals surface area contributed by atoms with Crippen molar-refractivity contribution in [2.75, 3.05) is 26.2 Å². The van der Waals surface area contributed by atoms with Gasteiger partial charge in [0.05, 0.1) is 0 Å². The van der Waals surface area contributed by atoms with E-state index in [1.165, 1.54) is 38.5 Å². The lowest BCUT2D eigenvalue weighted by Gasteiger charge is -2.26. The molecule has 1 amide bonds. The first-order valence-electron chi connectivity index (χ1n) is 10.8. The molecular formula is C21H36N4O. The highest BCUT2D eigenvalue weighted by Gasteiger charge is 2.31. The third kappa shape index (κ3) is 5.49. The third-order valence-corrected chi connectivity index (χ3v) is 5.98. The molecule has 1 heterocycles. The van der Waals surface area contributed by atoms with E-state index >= 15 is 0 Å². The van der Waals surface area contributed by atoms with E-state index in [1.54, 1.807) is 5.57 Å². The van der Waals surface area contributed by atoms with Crippen molar-refractivity contribution in [2.45, 2.75) is 77.2 Å². The van der Waals surface area contributed by atoms with Gasteiger partial charge in [-0.15, -0.1) is 0 Å². The molecule has 1 saturated heterocycles. The molecule has 0 aromatic carbocycles. The largest absolute Gasteiger partial charge is 0.357 e. The molecule has 5 nitrogen and oxygen atoms in total. The van der Waals surface area contributed by atoms with Crippen LogP contribution < -0.4 is 10.6 Å². The topological polar surface area (TPSA) is 56.7 Å². The second-order valence-corrected chi connectivity index (χ2v) is 8.01. The van der Waals surface area contributed by atoms with Crippen LogP contribution in [0.25, 0.3) is 0 Å². The van der Waals surface area contributed by atoms with Crippen LogP contribution in [0.3, 0.4) is 0 Å². The third-order valence-electron chi connectivity index (χ3n) is 5.98. The fourth-order valence-electron chi connectivity index (χ4n) is 4.48. The molecule has 0 radical (unpaired) electrons. The van der Waals surface area contributed by atoms with Crippen molar-refractivity contribution in [1.29, 1.82) is 0 Å². The molecule has 3 aliphatic rings. The quantitative estimate of drug-likeness (QED) is 0.434. The van der Waals surface area contributed by atoms with E-state index in [2.05, 4.69) is 28.5 Å². The second-order valence-electron chi connectivity index (χ2n) is 8.01. The van der Waals surface area contributed by atoms with Gasteiger partial charge in [0.15, 0.2) is 5.96 Å². The molecule has 0 bridgehead atoms. The van der Waals surface area contributed by atoms with Gasteiger partial charge >= 0.3 is 0 Å². The summed E-state index contributed by atoms with van der Waals surface area (Å²) in [4.78, 5) is 19.6. The standard InChI is InChI=1S/C21H36N4O/c1-2-22-21(23-14-12-17-8-6-7-9-17)24-19-13-15-25(16-19)20(26)18-10-4-3-5-11-18/h8,18-19H,2-7,9-16H2,1H3,(H2,22,23,24). The van der Waals surface area contributed by atoms with Crippen molar-refractivity contribution in [3.05, 3.63) is 11.6 Å². The summed E-state index contributed by atoms with van der Waals surface area (Å²) in [5.41, 5.74) is 1.56. The molecule has 146 valence electrons. The molecule has 2 aliphatic carbocycles. The van der Waals surface area contributed by atoms with E-state index in [0.717, 1.165) is 57.8 Å². The Labute approximate surface area is 158 Å². The van der Waals surface area contributed by atoms with E-state index in [4.69, 9.17) is 4.99 Å². The lowest BCUT2D eigenvalue weighted by molar-refractivity contribution is -0.135. The van der Waals surface area contributed by atoms with Gasteiger partial charge in [0.2, 0.25) is 5.91 Å². The summed E-state index contributed by atoms with van der Waals surface area (Å²) < 4.78 is 0. The summed E-state index contributed by atoms with van der Waals surface area (Å²) in [5, 5.41) is 6.91. The van der Waals surface area contributed by atoms with Crippen LogP contribution >= 0.6 is 0 Å². The minimum Gasteiger partial charge on any atom is -0.357 e. The summed E-state index contributed by atoms with van der Waals surface area (Å²) in [6.45, 7) is 5.53. The summed E-state index contributed by atoms with van der Waals surface area (Å²) in [5.74, 6) is 1.58. The zero-order valence-electron chi connectivity index (χ0n) is 16.4. The normalized spacial score (nSPS) is 24.7. The van der Waals surface area contributed by atoms with E-state index in [-0.39, 0.29) is 5.92 Å². The molecule has 2 fully saturated rings. The van der Waals surface area contributed by atoms with Crippen molar-refractivity contribution >= 4 is 11.9 Å². The summed E-state index contributed by atoms with van der Waals surface area (Å²) in [6.07, 6.45) is 14.2. The summed E-state index contributed by atoms with van der Waals surface area (Å²) in [6, 6.07) is 0.325. The Morgan fingerprint density at radius 1 is 1.23 bits per heavy atom. The lowest BCUT2D eigenvalue weighted by atomic mass is 9.88. The highest BCUT2D eigenvalue weighted by atomic mass is 16.2. The number of allylic oxidation sites excluding steroid dienone is 1. The predicted molar refractivity (Wildman–Crippen MR) is 107 cm³/mol. The van der Waals surface area contributed by atoms with Crippen LogP contribution in [0.15, 0.2) is 16.6 Å². The molecule has 3 rings (SSSR count). The molecule has 5 heteroatoms. The average molecular weight is 361 g/mol. The Hall–Kier alpha value is -1.52.